The van der Waals surface area contributed by atoms with Crippen LogP contribution in [0, 0.1) is 6.92 Å². The van der Waals surface area contributed by atoms with E-state index in [4.69, 9.17) is 10.5 Å². The van der Waals surface area contributed by atoms with E-state index in [1.165, 1.54) is 11.3 Å². The molecule has 0 aliphatic heterocycles. The van der Waals surface area contributed by atoms with Crippen LogP contribution >= 0.6 is 11.3 Å². The minimum Gasteiger partial charge on any atom is -0.495 e. The molecule has 5 heteroatoms. The summed E-state index contributed by atoms with van der Waals surface area (Å²) in [6.07, 6.45) is 0. The number of rotatable bonds is 3. The summed E-state index contributed by atoms with van der Waals surface area (Å²) in [6, 6.07) is 8.84. The van der Waals surface area contributed by atoms with Crippen LogP contribution in [0.25, 0.3) is 0 Å². The molecule has 1 aromatic heterocycles. The van der Waals surface area contributed by atoms with Crippen molar-refractivity contribution in [1.82, 2.24) is 0 Å². The average Bonchev–Trinajstić information content (AvgIpc) is 2.76. The molecule has 18 heavy (non-hydrogen) atoms. The van der Waals surface area contributed by atoms with Crippen LogP contribution in [0.15, 0.2) is 30.3 Å². The summed E-state index contributed by atoms with van der Waals surface area (Å²) in [5.74, 6) is 0.433. The molecule has 0 saturated heterocycles. The molecule has 0 aliphatic carbocycles. The van der Waals surface area contributed by atoms with Crippen molar-refractivity contribution in [3.05, 3.63) is 40.1 Å². The first-order valence-electron chi connectivity index (χ1n) is 5.41. The Morgan fingerprint density at radius 2 is 2.11 bits per heavy atom. The summed E-state index contributed by atoms with van der Waals surface area (Å²) >= 11 is 1.45. The van der Waals surface area contributed by atoms with Gasteiger partial charge in [0.2, 0.25) is 0 Å². The Kier molecular flexibility index (Phi) is 3.53. The first-order chi connectivity index (χ1) is 8.60. The molecule has 1 amide bonds. The van der Waals surface area contributed by atoms with E-state index in [-0.39, 0.29) is 5.91 Å². The van der Waals surface area contributed by atoms with Gasteiger partial charge in [-0.15, -0.1) is 11.3 Å². The first kappa shape index (κ1) is 12.4. The lowest BCUT2D eigenvalue weighted by Crippen LogP contribution is -2.11. The molecule has 0 bridgehead atoms. The number of nitrogens with one attached hydrogen (secondary N) is 1. The largest absolute Gasteiger partial charge is 0.495 e. The highest BCUT2D eigenvalue weighted by atomic mass is 32.1. The zero-order chi connectivity index (χ0) is 13.1. The maximum atomic E-state index is 12.0. The number of nitrogens with two attached hydrogens (primary N) is 1. The maximum absolute atomic E-state index is 12.0. The van der Waals surface area contributed by atoms with Gasteiger partial charge in [0.25, 0.3) is 5.91 Å². The third-order valence-corrected chi connectivity index (χ3v) is 3.44. The van der Waals surface area contributed by atoms with Crippen molar-refractivity contribution in [3.63, 3.8) is 0 Å². The van der Waals surface area contributed by atoms with E-state index in [1.807, 2.05) is 13.0 Å². The summed E-state index contributed by atoms with van der Waals surface area (Å²) in [7, 11) is 1.55. The zero-order valence-electron chi connectivity index (χ0n) is 10.2. The maximum Gasteiger partial charge on any atom is 0.265 e. The van der Waals surface area contributed by atoms with Gasteiger partial charge in [-0.2, -0.15) is 0 Å². The number of carbonyl (C=O) groups is 1. The number of hydrogen-bond donors (Lipinski definition) is 2. The van der Waals surface area contributed by atoms with Crippen molar-refractivity contribution in [3.8, 4) is 5.75 Å². The lowest BCUT2D eigenvalue weighted by atomic mass is 10.2. The number of benzene rings is 1. The predicted octanol–water partition coefficient (Wildman–Crippen LogP) is 2.90. The second-order valence-corrected chi connectivity index (χ2v) is 5.11. The molecule has 4 nitrogen and oxygen atoms in total. The van der Waals surface area contributed by atoms with Gasteiger partial charge in [0.1, 0.15) is 5.75 Å². The number of methoxy groups -OCH3 is 1. The van der Waals surface area contributed by atoms with Gasteiger partial charge in [-0.05, 0) is 37.3 Å². The van der Waals surface area contributed by atoms with E-state index < -0.39 is 0 Å². The molecule has 2 rings (SSSR count). The fourth-order valence-electron chi connectivity index (χ4n) is 1.56. The fourth-order valence-corrected chi connectivity index (χ4v) is 2.33. The molecule has 0 unspecified atom stereocenters. The summed E-state index contributed by atoms with van der Waals surface area (Å²) < 4.78 is 5.18. The number of hydrogen-bond acceptors (Lipinski definition) is 4. The Balaban J connectivity index is 2.23. The minimum atomic E-state index is -0.156. The molecule has 0 atom stereocenters. The monoisotopic (exact) mass is 262 g/mol. The van der Waals surface area contributed by atoms with E-state index in [9.17, 15) is 4.79 Å². The van der Waals surface area contributed by atoms with E-state index in [1.54, 1.807) is 31.4 Å². The van der Waals surface area contributed by atoms with Crippen LogP contribution in [0.4, 0.5) is 11.4 Å². The van der Waals surface area contributed by atoms with Crippen LogP contribution in [0.3, 0.4) is 0 Å². The molecule has 1 aromatic carbocycles. The van der Waals surface area contributed by atoms with Crippen molar-refractivity contribution in [2.24, 2.45) is 0 Å². The topological polar surface area (TPSA) is 64.3 Å². The van der Waals surface area contributed by atoms with Crippen molar-refractivity contribution in [2.45, 2.75) is 6.92 Å². The average molecular weight is 262 g/mol. The van der Waals surface area contributed by atoms with E-state index in [0.29, 0.717) is 22.0 Å². The molecular weight excluding hydrogens is 248 g/mol. The highest BCUT2D eigenvalue weighted by Crippen LogP contribution is 2.27. The van der Waals surface area contributed by atoms with Gasteiger partial charge in [0.15, 0.2) is 0 Å². The summed E-state index contributed by atoms with van der Waals surface area (Å²) in [5.41, 5.74) is 6.85. The molecule has 3 N–H and O–H groups in total. The quantitative estimate of drug-likeness (QED) is 0.836. The molecule has 1 heterocycles. The Hall–Kier alpha value is -2.01. The van der Waals surface area contributed by atoms with Crippen LogP contribution in [0.2, 0.25) is 0 Å². The van der Waals surface area contributed by atoms with Crippen LogP contribution < -0.4 is 15.8 Å². The number of ether oxygens (including phenoxy) is 1. The number of anilines is 2. The van der Waals surface area contributed by atoms with Crippen LogP contribution in [-0.4, -0.2) is 13.0 Å². The summed E-state index contributed by atoms with van der Waals surface area (Å²) in [6.45, 7) is 1.96. The normalized spacial score (nSPS) is 10.1. The highest BCUT2D eigenvalue weighted by molar-refractivity contribution is 7.14. The Morgan fingerprint density at radius 3 is 2.72 bits per heavy atom. The van der Waals surface area contributed by atoms with Gasteiger partial charge in [-0.1, -0.05) is 0 Å². The highest BCUT2D eigenvalue weighted by Gasteiger charge is 2.11. The molecule has 0 aliphatic rings. The standard InChI is InChI=1S/C13H14N2O2S/c1-8-3-6-12(18-8)13(16)15-10-7-9(14)4-5-11(10)17-2/h3-7H,14H2,1-2H3,(H,15,16). The minimum absolute atomic E-state index is 0.156. The second-order valence-electron chi connectivity index (χ2n) is 3.82. The lowest BCUT2D eigenvalue weighted by molar-refractivity contribution is 0.103. The Labute approximate surface area is 109 Å². The SMILES string of the molecule is COc1ccc(N)cc1NC(=O)c1ccc(C)s1. The Bertz CT molecular complexity index is 578. The third-order valence-electron chi connectivity index (χ3n) is 2.44. The van der Waals surface area contributed by atoms with E-state index in [2.05, 4.69) is 5.32 Å². The van der Waals surface area contributed by atoms with Crippen LogP contribution in [0.1, 0.15) is 14.5 Å². The number of carbonyl (C=O) groups excluding carboxylic acids is 1. The van der Waals surface area contributed by atoms with Gasteiger partial charge < -0.3 is 15.8 Å². The van der Waals surface area contributed by atoms with E-state index in [0.717, 1.165) is 4.88 Å². The van der Waals surface area contributed by atoms with Gasteiger partial charge in [-0.25, -0.2) is 0 Å². The smallest absolute Gasteiger partial charge is 0.265 e. The van der Waals surface area contributed by atoms with Crippen LogP contribution in [-0.2, 0) is 0 Å². The molecule has 2 aromatic rings. The first-order valence-corrected chi connectivity index (χ1v) is 6.23. The predicted molar refractivity (Wildman–Crippen MR) is 74.4 cm³/mol. The molecule has 0 spiro atoms. The summed E-state index contributed by atoms with van der Waals surface area (Å²) in [5, 5.41) is 2.80. The van der Waals surface area contributed by atoms with Gasteiger partial charge in [-0.3, -0.25) is 4.79 Å². The molecule has 0 saturated carbocycles. The van der Waals surface area contributed by atoms with Gasteiger partial charge in [0.05, 0.1) is 17.7 Å². The van der Waals surface area contributed by atoms with E-state index >= 15 is 0 Å². The van der Waals surface area contributed by atoms with Crippen molar-refractivity contribution < 1.29 is 9.53 Å². The van der Waals surface area contributed by atoms with Crippen LogP contribution in [0.5, 0.6) is 5.75 Å². The van der Waals surface area contributed by atoms with Crippen molar-refractivity contribution in [1.29, 1.82) is 0 Å². The number of amides is 1. The lowest BCUT2D eigenvalue weighted by Gasteiger charge is -2.10. The van der Waals surface area contributed by atoms with Gasteiger partial charge >= 0.3 is 0 Å². The molecule has 0 fully saturated rings. The van der Waals surface area contributed by atoms with Gasteiger partial charge in [0, 0.05) is 10.6 Å². The Morgan fingerprint density at radius 1 is 1.33 bits per heavy atom. The molecule has 0 radical (unpaired) electrons. The fraction of sp³-hybridized carbons (Fsp3) is 0.154. The summed E-state index contributed by atoms with van der Waals surface area (Å²) in [4.78, 5) is 13.8. The third kappa shape index (κ3) is 2.62. The molecule has 94 valence electrons. The molecular formula is C13H14N2O2S. The number of thiophene rings is 1. The van der Waals surface area contributed by atoms with Crippen molar-refractivity contribution in [2.75, 3.05) is 18.2 Å². The number of aryl methyl sites for hydroxylation is 1. The number of nitrogen functional groups attached to an aromatic ring is 1. The second kappa shape index (κ2) is 5.10. The zero-order valence-corrected chi connectivity index (χ0v) is 11.0. The van der Waals surface area contributed by atoms with Crippen molar-refractivity contribution >= 4 is 28.6 Å².